The Morgan fingerprint density at radius 1 is 1.16 bits per heavy atom. The summed E-state index contributed by atoms with van der Waals surface area (Å²) in [6.45, 7) is 4.07. The maximum absolute atomic E-state index is 12.0. The van der Waals surface area contributed by atoms with Crippen molar-refractivity contribution < 1.29 is 18.4 Å². The van der Waals surface area contributed by atoms with Gasteiger partial charge in [0, 0.05) is 6.54 Å². The van der Waals surface area contributed by atoms with E-state index in [1.165, 1.54) is 0 Å². The van der Waals surface area contributed by atoms with E-state index in [9.17, 15) is 9.36 Å². The molecule has 0 aromatic heterocycles. The fraction of sp³-hybridized carbons (Fsp3) is 0.417. The van der Waals surface area contributed by atoms with Gasteiger partial charge in [0.1, 0.15) is 0 Å². The second kappa shape index (κ2) is 7.94. The Morgan fingerprint density at radius 2 is 1.74 bits per heavy atom. The van der Waals surface area contributed by atoms with Crippen molar-refractivity contribution >= 4 is 13.8 Å². The lowest BCUT2D eigenvalue weighted by Crippen LogP contribution is -2.34. The number of rotatable bonds is 7. The SMILES string of the molecule is CCOP(=O)(NC(=O)NCc1ccccc1)OCC. The van der Waals surface area contributed by atoms with Gasteiger partial charge in [0.25, 0.3) is 0 Å². The summed E-state index contributed by atoms with van der Waals surface area (Å²) in [5.74, 6) is 0. The third-order valence-electron chi connectivity index (χ3n) is 2.13. The molecule has 0 aliphatic carbocycles. The van der Waals surface area contributed by atoms with E-state index >= 15 is 0 Å². The summed E-state index contributed by atoms with van der Waals surface area (Å²) in [4.78, 5) is 11.6. The molecular formula is C12H19N2O4P. The average Bonchev–Trinajstić information content (AvgIpc) is 2.38. The molecule has 7 heteroatoms. The van der Waals surface area contributed by atoms with Gasteiger partial charge >= 0.3 is 13.8 Å². The maximum atomic E-state index is 12.0. The van der Waals surface area contributed by atoms with Crippen LogP contribution >= 0.6 is 7.75 Å². The first-order valence-corrected chi connectivity index (χ1v) is 7.63. The highest BCUT2D eigenvalue weighted by Gasteiger charge is 2.26. The van der Waals surface area contributed by atoms with Crippen molar-refractivity contribution in [2.24, 2.45) is 0 Å². The van der Waals surface area contributed by atoms with Gasteiger partial charge in [-0.2, -0.15) is 0 Å². The summed E-state index contributed by atoms with van der Waals surface area (Å²) < 4.78 is 21.9. The molecule has 0 saturated heterocycles. The molecule has 1 aromatic carbocycles. The summed E-state index contributed by atoms with van der Waals surface area (Å²) in [6, 6.07) is 8.81. The number of benzene rings is 1. The lowest BCUT2D eigenvalue weighted by molar-refractivity contribution is 0.205. The highest BCUT2D eigenvalue weighted by molar-refractivity contribution is 7.52. The fourth-order valence-corrected chi connectivity index (χ4v) is 2.60. The van der Waals surface area contributed by atoms with Gasteiger partial charge in [-0.25, -0.2) is 14.4 Å². The van der Waals surface area contributed by atoms with Gasteiger partial charge in [0.2, 0.25) is 0 Å². The van der Waals surface area contributed by atoms with Gasteiger partial charge in [-0.1, -0.05) is 30.3 Å². The number of hydrogen-bond donors (Lipinski definition) is 2. The molecule has 0 saturated carbocycles. The summed E-state index contributed by atoms with van der Waals surface area (Å²) in [5, 5.41) is 4.82. The molecular weight excluding hydrogens is 267 g/mol. The van der Waals surface area contributed by atoms with Gasteiger partial charge in [0.05, 0.1) is 13.2 Å². The molecule has 0 aliphatic rings. The molecule has 0 radical (unpaired) electrons. The number of nitrogens with one attached hydrogen (secondary N) is 2. The molecule has 2 amide bonds. The predicted octanol–water partition coefficient (Wildman–Crippen LogP) is 2.67. The van der Waals surface area contributed by atoms with E-state index in [-0.39, 0.29) is 13.2 Å². The van der Waals surface area contributed by atoms with Crippen LogP contribution in [0.3, 0.4) is 0 Å². The molecule has 0 atom stereocenters. The smallest absolute Gasteiger partial charge is 0.334 e. The van der Waals surface area contributed by atoms with Crippen LogP contribution in [0.15, 0.2) is 30.3 Å². The van der Waals surface area contributed by atoms with E-state index in [4.69, 9.17) is 9.05 Å². The standard InChI is InChI=1S/C12H19N2O4P/c1-3-17-19(16,18-4-2)14-12(15)13-10-11-8-6-5-7-9-11/h5-9H,3-4,10H2,1-2H3,(H2,13,14,15,16). The lowest BCUT2D eigenvalue weighted by Gasteiger charge is -2.17. The lowest BCUT2D eigenvalue weighted by atomic mass is 10.2. The molecule has 0 bridgehead atoms. The Bertz CT molecular complexity index is 429. The zero-order valence-corrected chi connectivity index (χ0v) is 12.0. The van der Waals surface area contributed by atoms with Gasteiger partial charge in [0.15, 0.2) is 0 Å². The number of amides is 2. The molecule has 0 fully saturated rings. The second-order valence-electron chi connectivity index (χ2n) is 3.61. The van der Waals surface area contributed by atoms with Crippen LogP contribution in [-0.4, -0.2) is 19.2 Å². The minimum absolute atomic E-state index is 0.191. The quantitative estimate of drug-likeness (QED) is 0.755. The number of carbonyl (C=O) groups is 1. The molecule has 0 spiro atoms. The first kappa shape index (κ1) is 15.7. The number of carbonyl (C=O) groups excluding carboxylic acids is 1. The van der Waals surface area contributed by atoms with E-state index in [0.29, 0.717) is 6.54 Å². The van der Waals surface area contributed by atoms with Crippen molar-refractivity contribution in [3.05, 3.63) is 35.9 Å². The Kier molecular flexibility index (Phi) is 6.56. The van der Waals surface area contributed by atoms with Crippen molar-refractivity contribution in [2.75, 3.05) is 13.2 Å². The first-order valence-electron chi connectivity index (χ1n) is 6.08. The van der Waals surface area contributed by atoms with Crippen molar-refractivity contribution in [1.82, 2.24) is 10.4 Å². The van der Waals surface area contributed by atoms with Gasteiger partial charge in [-0.15, -0.1) is 0 Å². The Hall–Kier alpha value is -1.36. The molecule has 106 valence electrons. The zero-order valence-electron chi connectivity index (χ0n) is 11.1. The molecule has 1 rings (SSSR count). The molecule has 0 aliphatic heterocycles. The fourth-order valence-electron chi connectivity index (χ4n) is 1.38. The summed E-state index contributed by atoms with van der Waals surface area (Å²) in [5.41, 5.74) is 0.945. The topological polar surface area (TPSA) is 76.7 Å². The van der Waals surface area contributed by atoms with Crippen LogP contribution < -0.4 is 10.4 Å². The zero-order chi connectivity index (χ0) is 14.1. The van der Waals surface area contributed by atoms with E-state index in [1.807, 2.05) is 30.3 Å². The van der Waals surface area contributed by atoms with Gasteiger partial charge in [-0.3, -0.25) is 9.05 Å². The second-order valence-corrected chi connectivity index (χ2v) is 5.35. The highest BCUT2D eigenvalue weighted by Crippen LogP contribution is 2.43. The minimum Gasteiger partial charge on any atom is -0.334 e. The van der Waals surface area contributed by atoms with Gasteiger partial charge in [-0.05, 0) is 19.4 Å². The van der Waals surface area contributed by atoms with Crippen molar-refractivity contribution in [1.29, 1.82) is 0 Å². The Labute approximate surface area is 113 Å². The van der Waals surface area contributed by atoms with Crippen molar-refractivity contribution in [3.8, 4) is 0 Å². The van der Waals surface area contributed by atoms with Crippen LogP contribution in [-0.2, 0) is 20.2 Å². The maximum Gasteiger partial charge on any atom is 0.436 e. The average molecular weight is 286 g/mol. The highest BCUT2D eigenvalue weighted by atomic mass is 31.2. The van der Waals surface area contributed by atoms with E-state index in [0.717, 1.165) is 5.56 Å². The number of urea groups is 1. The third kappa shape index (κ3) is 5.87. The van der Waals surface area contributed by atoms with Crippen LogP contribution in [0, 0.1) is 0 Å². The summed E-state index contributed by atoms with van der Waals surface area (Å²) in [6.07, 6.45) is 0. The summed E-state index contributed by atoms with van der Waals surface area (Å²) in [7, 11) is -3.56. The van der Waals surface area contributed by atoms with E-state index < -0.39 is 13.8 Å². The molecule has 2 N–H and O–H groups in total. The predicted molar refractivity (Wildman–Crippen MR) is 72.7 cm³/mol. The van der Waals surface area contributed by atoms with Crippen LogP contribution in [0.2, 0.25) is 0 Å². The van der Waals surface area contributed by atoms with E-state index in [1.54, 1.807) is 13.8 Å². The van der Waals surface area contributed by atoms with Crippen LogP contribution in [0.25, 0.3) is 0 Å². The Balaban J connectivity index is 2.47. The normalized spacial score (nSPS) is 11.1. The Morgan fingerprint density at radius 3 is 2.26 bits per heavy atom. The molecule has 0 heterocycles. The van der Waals surface area contributed by atoms with Crippen LogP contribution in [0.5, 0.6) is 0 Å². The minimum atomic E-state index is -3.56. The molecule has 0 unspecified atom stereocenters. The van der Waals surface area contributed by atoms with Crippen LogP contribution in [0.4, 0.5) is 4.79 Å². The molecule has 19 heavy (non-hydrogen) atoms. The molecule has 6 nitrogen and oxygen atoms in total. The van der Waals surface area contributed by atoms with Crippen LogP contribution in [0.1, 0.15) is 19.4 Å². The first-order chi connectivity index (χ1) is 9.09. The van der Waals surface area contributed by atoms with Crippen molar-refractivity contribution in [3.63, 3.8) is 0 Å². The molecule has 1 aromatic rings. The third-order valence-corrected chi connectivity index (χ3v) is 3.81. The van der Waals surface area contributed by atoms with Crippen molar-refractivity contribution in [2.45, 2.75) is 20.4 Å². The van der Waals surface area contributed by atoms with E-state index in [2.05, 4.69) is 10.4 Å². The summed E-state index contributed by atoms with van der Waals surface area (Å²) >= 11 is 0. The largest absolute Gasteiger partial charge is 0.436 e. The monoisotopic (exact) mass is 286 g/mol. The van der Waals surface area contributed by atoms with Gasteiger partial charge < -0.3 is 5.32 Å². The number of hydrogen-bond acceptors (Lipinski definition) is 4.